The van der Waals surface area contributed by atoms with Gasteiger partial charge < -0.3 is 9.84 Å². The van der Waals surface area contributed by atoms with Gasteiger partial charge in [-0.2, -0.15) is 18.6 Å². The van der Waals surface area contributed by atoms with E-state index < -0.39 is 15.0 Å². The van der Waals surface area contributed by atoms with E-state index in [1.165, 1.54) is 18.2 Å². The van der Waals surface area contributed by atoms with Gasteiger partial charge in [0.1, 0.15) is 10.6 Å². The molecule has 27 heavy (non-hydrogen) atoms. The van der Waals surface area contributed by atoms with Crippen LogP contribution >= 0.6 is 0 Å². The molecule has 0 unspecified atom stereocenters. The molecule has 0 atom stereocenters. The Kier molecular flexibility index (Phi) is 6.96. The molecule has 0 amide bonds. The topological polar surface area (TPSA) is 111 Å². The molecule has 134 valence electrons. The van der Waals surface area contributed by atoms with E-state index in [1.807, 2.05) is 12.1 Å². The zero-order valence-electron chi connectivity index (χ0n) is 14.8. The summed E-state index contributed by atoms with van der Waals surface area (Å²) in [4.78, 5) is -0.406. The summed E-state index contributed by atoms with van der Waals surface area (Å²) < 4.78 is 37.6. The molecule has 0 saturated carbocycles. The minimum Gasteiger partial charge on any atom is -0.871 e. The number of nitrogens with zero attached hydrogens (tertiary/aromatic N) is 2. The van der Waals surface area contributed by atoms with Gasteiger partial charge in [-0.1, -0.05) is 42.1 Å². The number of ether oxygens (including phenoxy) is 1. The van der Waals surface area contributed by atoms with Crippen LogP contribution < -0.4 is 39.4 Å². The molecular weight excluding hydrogens is 379 g/mol. The molecule has 1 N–H and O–H groups in total. The maximum Gasteiger partial charge on any atom is 1.00 e. The van der Waals surface area contributed by atoms with Gasteiger partial charge in [0.25, 0.3) is 10.1 Å². The second-order valence-corrected chi connectivity index (χ2v) is 6.76. The van der Waals surface area contributed by atoms with Crippen LogP contribution in [-0.4, -0.2) is 19.6 Å². The van der Waals surface area contributed by atoms with Crippen LogP contribution in [0.2, 0.25) is 0 Å². The van der Waals surface area contributed by atoms with Gasteiger partial charge in [-0.05, 0) is 30.5 Å². The average Bonchev–Trinajstić information content (AvgIpc) is 2.61. The van der Waals surface area contributed by atoms with Gasteiger partial charge in [0, 0.05) is 5.39 Å². The van der Waals surface area contributed by atoms with E-state index in [9.17, 15) is 18.1 Å². The van der Waals surface area contributed by atoms with Crippen LogP contribution in [-0.2, 0) is 10.1 Å². The van der Waals surface area contributed by atoms with Crippen LogP contribution in [0.1, 0.15) is 6.92 Å². The van der Waals surface area contributed by atoms with Crippen molar-refractivity contribution in [1.82, 2.24) is 0 Å². The third kappa shape index (κ3) is 4.85. The molecule has 0 bridgehead atoms. The number of rotatable bonds is 5. The zero-order valence-corrected chi connectivity index (χ0v) is 17.6. The Morgan fingerprint density at radius 3 is 2.52 bits per heavy atom. The van der Waals surface area contributed by atoms with Crippen LogP contribution in [0.4, 0.5) is 11.4 Å². The minimum absolute atomic E-state index is 0. The van der Waals surface area contributed by atoms with Crippen LogP contribution in [0.3, 0.4) is 0 Å². The summed E-state index contributed by atoms with van der Waals surface area (Å²) in [5.74, 6) is -0.281. The molecule has 0 aliphatic rings. The fraction of sp³-hybridized carbons (Fsp3) is 0.111. The molecule has 0 aliphatic heterocycles. The van der Waals surface area contributed by atoms with Crippen molar-refractivity contribution in [2.75, 3.05) is 6.61 Å². The summed E-state index contributed by atoms with van der Waals surface area (Å²) in [5.41, 5.74) is 0.318. The average molecular weight is 394 g/mol. The van der Waals surface area contributed by atoms with Gasteiger partial charge >= 0.3 is 29.6 Å². The molecule has 3 rings (SSSR count). The van der Waals surface area contributed by atoms with Gasteiger partial charge in [0.05, 0.1) is 18.0 Å². The molecule has 0 fully saturated rings. The van der Waals surface area contributed by atoms with Crippen molar-refractivity contribution in [2.45, 2.75) is 11.8 Å². The first kappa shape index (κ1) is 21.3. The van der Waals surface area contributed by atoms with Crippen molar-refractivity contribution in [3.63, 3.8) is 0 Å². The fourth-order valence-corrected chi connectivity index (χ4v) is 3.13. The van der Waals surface area contributed by atoms with E-state index in [-0.39, 0.29) is 59.0 Å². The molecule has 9 heteroatoms. The SMILES string of the molecule is CCOc1ccc(N=Nc2c([O-])ccc3ccccc23)cc1S(=O)(=O)O.[Na+]. The first-order valence-corrected chi connectivity index (χ1v) is 9.19. The largest absolute Gasteiger partial charge is 1.00 e. The first-order valence-electron chi connectivity index (χ1n) is 7.75. The Hall–Kier alpha value is -1.97. The molecule has 3 aromatic carbocycles. The van der Waals surface area contributed by atoms with Gasteiger partial charge in [-0.15, -0.1) is 0 Å². The van der Waals surface area contributed by atoms with Gasteiger partial charge in [0.2, 0.25) is 0 Å². The van der Waals surface area contributed by atoms with E-state index in [0.29, 0.717) is 5.39 Å². The predicted octanol–water partition coefficient (Wildman–Crippen LogP) is 0.978. The summed E-state index contributed by atoms with van der Waals surface area (Å²) >= 11 is 0. The number of benzene rings is 3. The van der Waals surface area contributed by atoms with Crippen molar-refractivity contribution in [2.24, 2.45) is 10.2 Å². The van der Waals surface area contributed by atoms with E-state index >= 15 is 0 Å². The Morgan fingerprint density at radius 1 is 1.07 bits per heavy atom. The number of azo groups is 1. The van der Waals surface area contributed by atoms with Crippen LogP contribution in [0.25, 0.3) is 10.8 Å². The maximum absolute atomic E-state index is 12.1. The summed E-state index contributed by atoms with van der Waals surface area (Å²) in [6.45, 7) is 1.93. The Balaban J connectivity index is 0.00000261. The second-order valence-electron chi connectivity index (χ2n) is 5.37. The molecule has 0 spiro atoms. The maximum atomic E-state index is 12.1. The van der Waals surface area contributed by atoms with Crippen molar-refractivity contribution in [3.05, 3.63) is 54.6 Å². The molecular formula is C18H15N2NaO5S. The molecule has 0 saturated heterocycles. The van der Waals surface area contributed by atoms with Crippen LogP contribution in [0, 0.1) is 0 Å². The zero-order chi connectivity index (χ0) is 18.7. The third-order valence-corrected chi connectivity index (χ3v) is 4.51. The van der Waals surface area contributed by atoms with Crippen molar-refractivity contribution < 1.29 is 52.4 Å². The van der Waals surface area contributed by atoms with Crippen LogP contribution in [0.5, 0.6) is 11.5 Å². The minimum atomic E-state index is -4.49. The summed E-state index contributed by atoms with van der Waals surface area (Å²) in [7, 11) is -4.49. The van der Waals surface area contributed by atoms with Crippen molar-refractivity contribution >= 4 is 32.3 Å². The van der Waals surface area contributed by atoms with Crippen molar-refractivity contribution in [1.29, 1.82) is 0 Å². The van der Waals surface area contributed by atoms with Gasteiger partial charge in [0.15, 0.2) is 0 Å². The molecule has 7 nitrogen and oxygen atoms in total. The normalized spacial score (nSPS) is 11.5. The van der Waals surface area contributed by atoms with Gasteiger partial charge in [-0.25, -0.2) is 0 Å². The van der Waals surface area contributed by atoms with E-state index in [0.717, 1.165) is 11.5 Å². The summed E-state index contributed by atoms with van der Waals surface area (Å²) in [6.07, 6.45) is 0. The van der Waals surface area contributed by atoms with Crippen molar-refractivity contribution in [3.8, 4) is 11.5 Å². The number of hydrogen-bond donors (Lipinski definition) is 1. The third-order valence-electron chi connectivity index (χ3n) is 3.63. The molecule has 0 aliphatic carbocycles. The smallest absolute Gasteiger partial charge is 0.871 e. The summed E-state index contributed by atoms with van der Waals surface area (Å²) in [5, 5.41) is 21.5. The Bertz CT molecular complexity index is 1100. The quantitative estimate of drug-likeness (QED) is 0.394. The standard InChI is InChI=1S/C18H16N2O5S.Na/c1-2-25-16-10-8-13(11-17(16)26(22,23)24)19-20-18-14-6-4-3-5-12(14)7-9-15(18)21;/h3-11,21H,2H2,1H3,(H,22,23,24);/q;+1/p-1. The molecule has 3 aromatic rings. The number of fused-ring (bicyclic) bond motifs is 1. The number of hydrogen-bond acceptors (Lipinski definition) is 6. The molecule has 0 heterocycles. The molecule has 0 radical (unpaired) electrons. The van der Waals surface area contributed by atoms with Crippen LogP contribution in [0.15, 0.2) is 69.7 Å². The van der Waals surface area contributed by atoms with E-state index in [4.69, 9.17) is 4.74 Å². The second kappa shape index (κ2) is 8.81. The fourth-order valence-electron chi connectivity index (χ4n) is 2.48. The summed E-state index contributed by atoms with van der Waals surface area (Å²) in [6, 6.07) is 14.3. The Morgan fingerprint density at radius 2 is 1.81 bits per heavy atom. The van der Waals surface area contributed by atoms with E-state index in [1.54, 1.807) is 25.1 Å². The predicted molar refractivity (Wildman–Crippen MR) is 95.0 cm³/mol. The van der Waals surface area contributed by atoms with E-state index in [2.05, 4.69) is 10.2 Å². The molecule has 0 aromatic heterocycles. The Labute approximate surface area is 178 Å². The monoisotopic (exact) mass is 394 g/mol. The van der Waals surface area contributed by atoms with Gasteiger partial charge in [-0.3, -0.25) is 4.55 Å². The first-order chi connectivity index (χ1) is 12.4.